The van der Waals surface area contributed by atoms with Crippen LogP contribution in [-0.4, -0.2) is 34.9 Å². The number of anilines is 2. The minimum absolute atomic E-state index is 0.125. The Kier molecular flexibility index (Phi) is 7.54. The first-order valence-corrected chi connectivity index (χ1v) is 12.6. The number of nitrogens with one attached hydrogen (secondary N) is 2. The molecule has 3 aromatic carbocycles. The van der Waals surface area contributed by atoms with Gasteiger partial charge in [-0.25, -0.2) is 4.98 Å². The summed E-state index contributed by atoms with van der Waals surface area (Å²) in [5.74, 6) is -0.125. The standard InChI is InChI=1S/C31H29N5O/c32-20-23-6-8-25(9-7-23)26-10-12-27(13-11-26)34-29-14-15-30(33-21-29)31(37)35-28-16-18-36(19-17-28)22-24-4-2-1-3-5-24/h1-15,21,28,34H,16-19,22H2,(H,35,37). The third-order valence-corrected chi connectivity index (χ3v) is 6.69. The molecule has 6 heteroatoms. The normalized spacial score (nSPS) is 14.0. The minimum atomic E-state index is -0.125. The molecule has 37 heavy (non-hydrogen) atoms. The molecule has 4 aromatic rings. The van der Waals surface area contributed by atoms with Crippen molar-refractivity contribution in [1.82, 2.24) is 15.2 Å². The average Bonchev–Trinajstić information content (AvgIpc) is 2.95. The monoisotopic (exact) mass is 487 g/mol. The molecule has 1 saturated heterocycles. The number of pyridine rings is 1. The summed E-state index contributed by atoms with van der Waals surface area (Å²) in [6, 6.07) is 32.0. The summed E-state index contributed by atoms with van der Waals surface area (Å²) in [6.07, 6.45) is 3.57. The van der Waals surface area contributed by atoms with Crippen molar-refractivity contribution in [2.24, 2.45) is 0 Å². The molecule has 0 spiro atoms. The maximum absolute atomic E-state index is 12.7. The Morgan fingerprint density at radius 3 is 2.14 bits per heavy atom. The molecule has 0 aliphatic carbocycles. The van der Waals surface area contributed by atoms with Crippen LogP contribution in [-0.2, 0) is 6.54 Å². The Hall–Kier alpha value is -4.47. The van der Waals surface area contributed by atoms with E-state index in [1.54, 1.807) is 12.3 Å². The topological polar surface area (TPSA) is 81.0 Å². The van der Waals surface area contributed by atoms with E-state index < -0.39 is 0 Å². The third-order valence-electron chi connectivity index (χ3n) is 6.69. The fourth-order valence-electron chi connectivity index (χ4n) is 4.59. The van der Waals surface area contributed by atoms with Crippen molar-refractivity contribution < 1.29 is 4.79 Å². The van der Waals surface area contributed by atoms with Crippen molar-refractivity contribution in [2.45, 2.75) is 25.4 Å². The lowest BCUT2D eigenvalue weighted by Gasteiger charge is -2.32. The van der Waals surface area contributed by atoms with E-state index in [9.17, 15) is 4.79 Å². The Morgan fingerprint density at radius 2 is 1.51 bits per heavy atom. The highest BCUT2D eigenvalue weighted by atomic mass is 16.1. The lowest BCUT2D eigenvalue weighted by molar-refractivity contribution is 0.0904. The van der Waals surface area contributed by atoms with Gasteiger partial charge in [0.25, 0.3) is 5.91 Å². The van der Waals surface area contributed by atoms with E-state index in [1.807, 2.05) is 60.7 Å². The zero-order valence-corrected chi connectivity index (χ0v) is 20.6. The molecule has 5 rings (SSSR count). The van der Waals surface area contributed by atoms with E-state index >= 15 is 0 Å². The van der Waals surface area contributed by atoms with Gasteiger partial charge < -0.3 is 10.6 Å². The van der Waals surface area contributed by atoms with Crippen LogP contribution in [0.5, 0.6) is 0 Å². The minimum Gasteiger partial charge on any atom is -0.354 e. The van der Waals surface area contributed by atoms with Crippen LogP contribution in [0.2, 0.25) is 0 Å². The van der Waals surface area contributed by atoms with Crippen molar-refractivity contribution in [1.29, 1.82) is 5.26 Å². The van der Waals surface area contributed by atoms with E-state index in [-0.39, 0.29) is 11.9 Å². The number of carbonyl (C=O) groups is 1. The first-order chi connectivity index (χ1) is 18.2. The molecule has 0 unspecified atom stereocenters. The van der Waals surface area contributed by atoms with Crippen LogP contribution in [0.25, 0.3) is 11.1 Å². The van der Waals surface area contributed by atoms with Gasteiger partial charge in [-0.3, -0.25) is 9.69 Å². The van der Waals surface area contributed by atoms with Gasteiger partial charge in [-0.2, -0.15) is 5.26 Å². The number of nitrogens with zero attached hydrogens (tertiary/aromatic N) is 3. The molecular weight excluding hydrogens is 458 g/mol. The SMILES string of the molecule is N#Cc1ccc(-c2ccc(Nc3ccc(C(=O)NC4CCN(Cc5ccccc5)CC4)nc3)cc2)cc1. The molecule has 2 heterocycles. The van der Waals surface area contributed by atoms with Crippen LogP contribution < -0.4 is 10.6 Å². The summed E-state index contributed by atoms with van der Waals surface area (Å²) < 4.78 is 0. The summed E-state index contributed by atoms with van der Waals surface area (Å²) in [5, 5.41) is 15.4. The molecular formula is C31H29N5O. The fraction of sp³-hybridized carbons (Fsp3) is 0.194. The molecule has 1 amide bonds. The Balaban J connectivity index is 1.11. The first kappa shape index (κ1) is 24.2. The van der Waals surface area contributed by atoms with Gasteiger partial charge in [0.05, 0.1) is 23.5 Å². The molecule has 2 N–H and O–H groups in total. The van der Waals surface area contributed by atoms with E-state index in [2.05, 4.69) is 50.9 Å². The molecule has 0 bridgehead atoms. The second-order valence-corrected chi connectivity index (χ2v) is 9.33. The van der Waals surface area contributed by atoms with Gasteiger partial charge in [0.15, 0.2) is 0 Å². The number of benzene rings is 3. The number of amides is 1. The quantitative estimate of drug-likeness (QED) is 0.346. The van der Waals surface area contributed by atoms with Crippen LogP contribution in [0.1, 0.15) is 34.5 Å². The lowest BCUT2D eigenvalue weighted by atomic mass is 10.0. The van der Waals surface area contributed by atoms with E-state index in [4.69, 9.17) is 5.26 Å². The highest BCUT2D eigenvalue weighted by Crippen LogP contribution is 2.24. The number of rotatable bonds is 7. The second-order valence-electron chi connectivity index (χ2n) is 9.33. The van der Waals surface area contributed by atoms with Crippen molar-refractivity contribution in [2.75, 3.05) is 18.4 Å². The number of hydrogen-bond donors (Lipinski definition) is 2. The molecule has 6 nitrogen and oxygen atoms in total. The Morgan fingerprint density at radius 1 is 0.865 bits per heavy atom. The predicted molar refractivity (Wildman–Crippen MR) is 146 cm³/mol. The second kappa shape index (κ2) is 11.5. The highest BCUT2D eigenvalue weighted by molar-refractivity contribution is 5.92. The van der Waals surface area contributed by atoms with Crippen molar-refractivity contribution in [3.05, 3.63) is 114 Å². The van der Waals surface area contributed by atoms with Gasteiger partial charge in [-0.05, 0) is 65.9 Å². The van der Waals surface area contributed by atoms with Crippen molar-refractivity contribution >= 4 is 17.3 Å². The largest absolute Gasteiger partial charge is 0.354 e. The average molecular weight is 488 g/mol. The third kappa shape index (κ3) is 6.40. The van der Waals surface area contributed by atoms with Crippen LogP contribution in [0.4, 0.5) is 11.4 Å². The molecule has 0 atom stereocenters. The fourth-order valence-corrected chi connectivity index (χ4v) is 4.59. The predicted octanol–water partition coefficient (Wildman–Crippen LogP) is 5.76. The number of piperidine rings is 1. The summed E-state index contributed by atoms with van der Waals surface area (Å²) in [7, 11) is 0. The molecule has 184 valence electrons. The van der Waals surface area contributed by atoms with Crippen LogP contribution in [0, 0.1) is 11.3 Å². The van der Waals surface area contributed by atoms with E-state index in [1.165, 1.54) is 5.56 Å². The van der Waals surface area contributed by atoms with E-state index in [0.29, 0.717) is 11.3 Å². The Bertz CT molecular complexity index is 1350. The van der Waals surface area contributed by atoms with Crippen LogP contribution in [0.15, 0.2) is 97.2 Å². The smallest absolute Gasteiger partial charge is 0.270 e. The Labute approximate surface area is 217 Å². The lowest BCUT2D eigenvalue weighted by Crippen LogP contribution is -2.44. The summed E-state index contributed by atoms with van der Waals surface area (Å²) in [6.45, 7) is 2.90. The number of carbonyl (C=O) groups excluding carboxylic acids is 1. The molecule has 0 radical (unpaired) electrons. The van der Waals surface area contributed by atoms with Gasteiger partial charge in [-0.15, -0.1) is 0 Å². The number of aromatic nitrogens is 1. The maximum atomic E-state index is 12.7. The van der Waals surface area contributed by atoms with Crippen LogP contribution in [0.3, 0.4) is 0 Å². The van der Waals surface area contributed by atoms with Gasteiger partial charge in [0, 0.05) is 31.4 Å². The van der Waals surface area contributed by atoms with E-state index in [0.717, 1.165) is 55.0 Å². The number of likely N-dealkylation sites (tertiary alicyclic amines) is 1. The van der Waals surface area contributed by atoms with Gasteiger partial charge in [0.1, 0.15) is 5.69 Å². The van der Waals surface area contributed by atoms with Crippen molar-refractivity contribution in [3.63, 3.8) is 0 Å². The zero-order valence-electron chi connectivity index (χ0n) is 20.6. The molecule has 1 fully saturated rings. The number of hydrogen-bond acceptors (Lipinski definition) is 5. The van der Waals surface area contributed by atoms with Crippen molar-refractivity contribution in [3.8, 4) is 17.2 Å². The first-order valence-electron chi connectivity index (χ1n) is 12.6. The molecule has 1 aliphatic rings. The van der Waals surface area contributed by atoms with Gasteiger partial charge in [0.2, 0.25) is 0 Å². The molecule has 1 aliphatic heterocycles. The zero-order chi connectivity index (χ0) is 25.5. The molecule has 0 saturated carbocycles. The highest BCUT2D eigenvalue weighted by Gasteiger charge is 2.21. The summed E-state index contributed by atoms with van der Waals surface area (Å²) in [4.78, 5) is 19.6. The summed E-state index contributed by atoms with van der Waals surface area (Å²) >= 11 is 0. The number of nitriles is 1. The van der Waals surface area contributed by atoms with Crippen LogP contribution >= 0.6 is 0 Å². The maximum Gasteiger partial charge on any atom is 0.270 e. The van der Waals surface area contributed by atoms with Gasteiger partial charge >= 0.3 is 0 Å². The molecule has 1 aromatic heterocycles. The summed E-state index contributed by atoms with van der Waals surface area (Å²) in [5.41, 5.74) is 6.28. The van der Waals surface area contributed by atoms with Gasteiger partial charge in [-0.1, -0.05) is 54.6 Å².